The summed E-state index contributed by atoms with van der Waals surface area (Å²) in [6.07, 6.45) is 0.565. The van der Waals surface area contributed by atoms with E-state index in [4.69, 9.17) is 5.26 Å². The largest absolute Gasteiger partial charge is 0.239 e. The molecule has 1 aromatic carbocycles. The van der Waals surface area contributed by atoms with Crippen LogP contribution in [0.2, 0.25) is 0 Å². The van der Waals surface area contributed by atoms with E-state index in [1.165, 1.54) is 18.2 Å². The summed E-state index contributed by atoms with van der Waals surface area (Å²) in [6, 6.07) is 5.64. The maximum absolute atomic E-state index is 13.5. The Kier molecular flexibility index (Phi) is 3.16. The van der Waals surface area contributed by atoms with Crippen LogP contribution in [0, 0.1) is 23.0 Å². The third-order valence-electron chi connectivity index (χ3n) is 2.31. The topological polar surface area (TPSA) is 36.7 Å². The molecule has 5 heteroatoms. The van der Waals surface area contributed by atoms with Gasteiger partial charge < -0.3 is 0 Å². The molecule has 0 amide bonds. The molecule has 2 nitrogen and oxygen atoms in total. The number of aryl methyl sites for hydroxylation is 1. The first-order chi connectivity index (χ1) is 8.17. The number of hydrogen-bond donors (Lipinski definition) is 0. The lowest BCUT2D eigenvalue weighted by molar-refractivity contribution is 0.589. The number of hydrogen-bond acceptors (Lipinski definition) is 3. The zero-order chi connectivity index (χ0) is 12.4. The van der Waals surface area contributed by atoms with Gasteiger partial charge in [0.15, 0.2) is 0 Å². The molecule has 0 spiro atoms. The Bertz CT molecular complexity index is 579. The van der Waals surface area contributed by atoms with Crippen LogP contribution in [0.15, 0.2) is 18.2 Å². The molecule has 0 aliphatic rings. The van der Waals surface area contributed by atoms with Gasteiger partial charge in [-0.3, -0.25) is 0 Å². The average molecular weight is 250 g/mol. The van der Waals surface area contributed by atoms with Gasteiger partial charge in [0.1, 0.15) is 27.6 Å². The van der Waals surface area contributed by atoms with Gasteiger partial charge in [-0.2, -0.15) is 5.26 Å². The molecule has 0 saturated carbocycles. The Morgan fingerprint density at radius 2 is 2.00 bits per heavy atom. The molecular weight excluding hydrogens is 242 g/mol. The minimum atomic E-state index is -0.661. The molecule has 0 radical (unpaired) electrons. The number of thiazole rings is 1. The van der Waals surface area contributed by atoms with Crippen LogP contribution in [-0.2, 0) is 6.42 Å². The van der Waals surface area contributed by atoms with Crippen LogP contribution in [0.3, 0.4) is 0 Å². The Morgan fingerprint density at radius 1 is 1.35 bits per heavy atom. The van der Waals surface area contributed by atoms with Gasteiger partial charge in [0.05, 0.1) is 11.3 Å². The van der Waals surface area contributed by atoms with E-state index in [-0.39, 0.29) is 10.6 Å². The second-order valence-electron chi connectivity index (χ2n) is 3.36. The lowest BCUT2D eigenvalue weighted by atomic mass is 10.2. The van der Waals surface area contributed by atoms with E-state index in [1.807, 2.05) is 13.0 Å². The third-order valence-corrected chi connectivity index (χ3v) is 3.33. The van der Waals surface area contributed by atoms with Crippen molar-refractivity contribution in [2.45, 2.75) is 13.3 Å². The normalized spacial score (nSPS) is 10.2. The molecule has 2 aromatic rings. The molecule has 0 aliphatic carbocycles. The Balaban J connectivity index is 2.62. The van der Waals surface area contributed by atoms with Gasteiger partial charge in [0.25, 0.3) is 0 Å². The standard InChI is InChI=1S/C12H8F2N2S/c1-2-9-10(6-15)17-12(16-9)11-7(13)4-3-5-8(11)14/h3-5H,2H2,1H3. The highest BCUT2D eigenvalue weighted by molar-refractivity contribution is 7.15. The summed E-state index contributed by atoms with van der Waals surface area (Å²) in [5.74, 6) is -1.32. The Morgan fingerprint density at radius 3 is 2.47 bits per heavy atom. The summed E-state index contributed by atoms with van der Waals surface area (Å²) in [5, 5.41) is 9.10. The van der Waals surface area contributed by atoms with Crippen LogP contribution in [0.5, 0.6) is 0 Å². The third kappa shape index (κ3) is 2.04. The molecule has 86 valence electrons. The van der Waals surface area contributed by atoms with E-state index in [9.17, 15) is 8.78 Å². The predicted molar refractivity (Wildman–Crippen MR) is 61.6 cm³/mol. The van der Waals surface area contributed by atoms with E-state index in [1.54, 1.807) is 0 Å². The monoisotopic (exact) mass is 250 g/mol. The Hall–Kier alpha value is -1.80. The molecule has 17 heavy (non-hydrogen) atoms. The number of halogens is 2. The van der Waals surface area contributed by atoms with Gasteiger partial charge in [0.2, 0.25) is 0 Å². The van der Waals surface area contributed by atoms with Gasteiger partial charge in [0, 0.05) is 0 Å². The summed E-state index contributed by atoms with van der Waals surface area (Å²) in [4.78, 5) is 4.52. The molecular formula is C12H8F2N2S. The van der Waals surface area contributed by atoms with Gasteiger partial charge in [-0.25, -0.2) is 13.8 Å². The van der Waals surface area contributed by atoms with E-state index in [0.29, 0.717) is 17.0 Å². The number of nitrogens with zero attached hydrogens (tertiary/aromatic N) is 2. The van der Waals surface area contributed by atoms with Gasteiger partial charge in [-0.15, -0.1) is 11.3 Å². The van der Waals surface area contributed by atoms with E-state index >= 15 is 0 Å². The zero-order valence-corrected chi connectivity index (χ0v) is 9.81. The van der Waals surface area contributed by atoms with Crippen LogP contribution in [-0.4, -0.2) is 4.98 Å². The van der Waals surface area contributed by atoms with Gasteiger partial charge in [-0.05, 0) is 18.6 Å². The summed E-state index contributed by atoms with van der Waals surface area (Å²) >= 11 is 1.01. The smallest absolute Gasteiger partial charge is 0.136 e. The maximum atomic E-state index is 13.5. The molecule has 0 atom stereocenters. The molecule has 2 rings (SSSR count). The van der Waals surface area contributed by atoms with Crippen molar-refractivity contribution >= 4 is 11.3 Å². The fraction of sp³-hybridized carbons (Fsp3) is 0.167. The first kappa shape index (κ1) is 11.7. The fourth-order valence-electron chi connectivity index (χ4n) is 1.49. The molecule has 0 bridgehead atoms. The van der Waals surface area contributed by atoms with Crippen LogP contribution in [0.25, 0.3) is 10.6 Å². The second-order valence-corrected chi connectivity index (χ2v) is 4.36. The molecule has 0 unspecified atom stereocenters. The lowest BCUT2D eigenvalue weighted by Gasteiger charge is -1.99. The first-order valence-corrected chi connectivity index (χ1v) is 5.83. The summed E-state index contributed by atoms with van der Waals surface area (Å²) in [7, 11) is 0. The molecule has 0 saturated heterocycles. The van der Waals surface area contributed by atoms with Crippen molar-refractivity contribution in [3.63, 3.8) is 0 Å². The average Bonchev–Trinajstić information content (AvgIpc) is 2.72. The van der Waals surface area contributed by atoms with Crippen molar-refractivity contribution in [3.05, 3.63) is 40.4 Å². The summed E-state index contributed by atoms with van der Waals surface area (Å²) in [5.41, 5.74) is 0.420. The van der Waals surface area contributed by atoms with Crippen molar-refractivity contribution in [1.29, 1.82) is 5.26 Å². The summed E-state index contributed by atoms with van der Waals surface area (Å²) in [6.45, 7) is 1.84. The van der Waals surface area contributed by atoms with Crippen molar-refractivity contribution in [2.24, 2.45) is 0 Å². The second kappa shape index (κ2) is 4.60. The fourth-order valence-corrected chi connectivity index (χ4v) is 2.49. The van der Waals surface area contributed by atoms with E-state index in [2.05, 4.69) is 4.98 Å². The molecule has 0 N–H and O–H groups in total. The van der Waals surface area contributed by atoms with Crippen molar-refractivity contribution < 1.29 is 8.78 Å². The Labute approximate surface area is 101 Å². The number of benzene rings is 1. The number of rotatable bonds is 2. The van der Waals surface area contributed by atoms with Gasteiger partial charge in [-0.1, -0.05) is 13.0 Å². The SMILES string of the molecule is CCc1nc(-c2c(F)cccc2F)sc1C#N. The highest BCUT2D eigenvalue weighted by Crippen LogP contribution is 2.31. The molecule has 1 aromatic heterocycles. The number of nitriles is 1. The quantitative estimate of drug-likeness (QED) is 0.817. The number of aromatic nitrogens is 1. The van der Waals surface area contributed by atoms with Crippen LogP contribution >= 0.6 is 11.3 Å². The molecule has 0 aliphatic heterocycles. The minimum Gasteiger partial charge on any atom is -0.239 e. The first-order valence-electron chi connectivity index (χ1n) is 5.01. The molecule has 1 heterocycles. The lowest BCUT2D eigenvalue weighted by Crippen LogP contribution is -1.89. The zero-order valence-electron chi connectivity index (χ0n) is 9.00. The molecule has 0 fully saturated rings. The summed E-state index contributed by atoms with van der Waals surface area (Å²) < 4.78 is 27.1. The highest BCUT2D eigenvalue weighted by atomic mass is 32.1. The highest BCUT2D eigenvalue weighted by Gasteiger charge is 2.17. The van der Waals surface area contributed by atoms with Gasteiger partial charge >= 0.3 is 0 Å². The van der Waals surface area contributed by atoms with Crippen molar-refractivity contribution in [3.8, 4) is 16.6 Å². The van der Waals surface area contributed by atoms with Crippen LogP contribution in [0.1, 0.15) is 17.5 Å². The van der Waals surface area contributed by atoms with E-state index in [0.717, 1.165) is 11.3 Å². The van der Waals surface area contributed by atoms with Crippen LogP contribution < -0.4 is 0 Å². The maximum Gasteiger partial charge on any atom is 0.136 e. The predicted octanol–water partition coefficient (Wildman–Crippen LogP) is 3.52. The minimum absolute atomic E-state index is 0.159. The van der Waals surface area contributed by atoms with Crippen molar-refractivity contribution in [1.82, 2.24) is 4.98 Å². The van der Waals surface area contributed by atoms with Crippen LogP contribution in [0.4, 0.5) is 8.78 Å². The van der Waals surface area contributed by atoms with Crippen molar-refractivity contribution in [2.75, 3.05) is 0 Å². The van der Waals surface area contributed by atoms with E-state index < -0.39 is 11.6 Å².